The van der Waals surface area contributed by atoms with Gasteiger partial charge >= 0.3 is 0 Å². The fourth-order valence-electron chi connectivity index (χ4n) is 5.50. The number of carbonyl (C=O) groups is 1. The molecule has 0 radical (unpaired) electrons. The lowest BCUT2D eigenvalue weighted by Gasteiger charge is -2.38. The maximum Gasteiger partial charge on any atom is 0.231 e. The van der Waals surface area contributed by atoms with Crippen molar-refractivity contribution in [2.45, 2.75) is 62.8 Å². The first-order chi connectivity index (χ1) is 19.2. The summed E-state index contributed by atoms with van der Waals surface area (Å²) >= 11 is 0. The first-order valence-electron chi connectivity index (χ1n) is 13.6. The minimum atomic E-state index is -3.71. The van der Waals surface area contributed by atoms with E-state index in [1.165, 1.54) is 16.6 Å². The lowest BCUT2D eigenvalue weighted by molar-refractivity contribution is -0.130. The molecule has 1 amide bonds. The van der Waals surface area contributed by atoms with E-state index in [1.807, 2.05) is 37.3 Å². The largest absolute Gasteiger partial charge is 0.381 e. The van der Waals surface area contributed by atoms with Crippen molar-refractivity contribution in [1.29, 1.82) is 0 Å². The highest BCUT2D eigenvalue weighted by Crippen LogP contribution is 2.39. The van der Waals surface area contributed by atoms with Crippen LogP contribution in [0.25, 0.3) is 0 Å². The lowest BCUT2D eigenvalue weighted by atomic mass is 9.73. The summed E-state index contributed by atoms with van der Waals surface area (Å²) in [7, 11) is -3.71. The molecule has 2 aromatic carbocycles. The van der Waals surface area contributed by atoms with Crippen LogP contribution < -0.4 is 5.32 Å². The van der Waals surface area contributed by atoms with Crippen LogP contribution in [0, 0.1) is 5.82 Å². The standard InChI is InChI=1S/C30H37FN4O4S/c1-4-33-19-26(32-3)20-34-29(36)30(14-16-39-17-15-30)25-12-11-24(27(31)18-25)21-35-22(2)10-13-28(40(35,37)38)23-8-6-5-7-9-23/h4-9,11-12,18-19,22,28H,3,10,13-17,20-21H2,1-2H3,(H,34,36)/b26-19-,33-4-/t22-,28+/m0/s1. The van der Waals surface area contributed by atoms with Crippen molar-refractivity contribution in [3.63, 3.8) is 0 Å². The number of halogens is 1. The lowest BCUT2D eigenvalue weighted by Crippen LogP contribution is -2.48. The van der Waals surface area contributed by atoms with Crippen molar-refractivity contribution in [2.24, 2.45) is 9.98 Å². The Morgan fingerprint density at radius 2 is 1.93 bits per heavy atom. The van der Waals surface area contributed by atoms with Crippen molar-refractivity contribution < 1.29 is 22.3 Å². The van der Waals surface area contributed by atoms with Crippen molar-refractivity contribution in [1.82, 2.24) is 9.62 Å². The average Bonchev–Trinajstić information content (AvgIpc) is 2.96. The van der Waals surface area contributed by atoms with Crippen LogP contribution in [0.5, 0.6) is 0 Å². The van der Waals surface area contributed by atoms with Gasteiger partial charge in [-0.15, -0.1) is 0 Å². The number of carbonyl (C=O) groups excluding carboxylic acids is 1. The minimum absolute atomic E-state index is 0.0711. The third-order valence-corrected chi connectivity index (χ3v) is 10.3. The summed E-state index contributed by atoms with van der Waals surface area (Å²) in [4.78, 5) is 21.5. The summed E-state index contributed by atoms with van der Waals surface area (Å²) < 4.78 is 49.9. The molecule has 2 fully saturated rings. The van der Waals surface area contributed by atoms with Crippen LogP contribution in [0.4, 0.5) is 4.39 Å². The molecular weight excluding hydrogens is 531 g/mol. The van der Waals surface area contributed by atoms with Crippen LogP contribution in [-0.4, -0.2) is 57.4 Å². The predicted molar refractivity (Wildman–Crippen MR) is 155 cm³/mol. The maximum atomic E-state index is 15.7. The van der Waals surface area contributed by atoms with E-state index in [4.69, 9.17) is 4.74 Å². The number of aliphatic imine (C=N–C) groups is 2. The summed E-state index contributed by atoms with van der Waals surface area (Å²) in [5, 5.41) is 2.25. The molecule has 10 heteroatoms. The van der Waals surface area contributed by atoms with E-state index in [2.05, 4.69) is 22.0 Å². The summed E-state index contributed by atoms with van der Waals surface area (Å²) in [6.07, 6.45) is 5.12. The number of ether oxygens (including phenoxy) is 1. The van der Waals surface area contributed by atoms with Gasteiger partial charge in [0, 0.05) is 43.8 Å². The second kappa shape index (κ2) is 13.0. The topological polar surface area (TPSA) is 100 Å². The Kier molecular flexibility index (Phi) is 9.65. The normalized spacial score (nSPS) is 23.1. The van der Waals surface area contributed by atoms with Gasteiger partial charge in [-0.3, -0.25) is 14.8 Å². The van der Waals surface area contributed by atoms with Gasteiger partial charge in [-0.05, 0) is 63.4 Å². The van der Waals surface area contributed by atoms with Gasteiger partial charge in [-0.2, -0.15) is 4.31 Å². The Hall–Kier alpha value is -3.21. The Morgan fingerprint density at radius 3 is 2.58 bits per heavy atom. The highest BCUT2D eigenvalue weighted by atomic mass is 32.2. The molecular formula is C30H37FN4O4S. The van der Waals surface area contributed by atoms with Crippen molar-refractivity contribution >= 4 is 28.9 Å². The van der Waals surface area contributed by atoms with Gasteiger partial charge in [0.05, 0.1) is 17.7 Å². The van der Waals surface area contributed by atoms with E-state index in [1.54, 1.807) is 25.3 Å². The second-order valence-electron chi connectivity index (χ2n) is 10.3. The van der Waals surface area contributed by atoms with Crippen LogP contribution in [0.3, 0.4) is 0 Å². The van der Waals surface area contributed by atoms with Gasteiger partial charge in [-0.1, -0.05) is 42.5 Å². The molecule has 2 atom stereocenters. The molecule has 2 heterocycles. The Labute approximate surface area is 236 Å². The van der Waals surface area contributed by atoms with Gasteiger partial charge in [0.25, 0.3) is 0 Å². The molecule has 2 saturated heterocycles. The predicted octanol–water partition coefficient (Wildman–Crippen LogP) is 4.68. The van der Waals surface area contributed by atoms with E-state index in [0.717, 1.165) is 5.56 Å². The third-order valence-electron chi connectivity index (χ3n) is 7.91. The highest BCUT2D eigenvalue weighted by Gasteiger charge is 2.43. The molecule has 0 spiro atoms. The molecule has 8 nitrogen and oxygen atoms in total. The van der Waals surface area contributed by atoms with Crippen LogP contribution >= 0.6 is 0 Å². The van der Waals surface area contributed by atoms with E-state index < -0.39 is 26.5 Å². The van der Waals surface area contributed by atoms with Gasteiger partial charge in [-0.25, -0.2) is 12.8 Å². The number of nitrogens with zero attached hydrogens (tertiary/aromatic N) is 3. The monoisotopic (exact) mass is 568 g/mol. The molecule has 214 valence electrons. The molecule has 0 aromatic heterocycles. The summed E-state index contributed by atoms with van der Waals surface area (Å²) in [6, 6.07) is 13.6. The number of nitrogens with one attached hydrogen (secondary N) is 1. The van der Waals surface area contributed by atoms with Crippen molar-refractivity contribution in [3.05, 3.63) is 82.9 Å². The summed E-state index contributed by atoms with van der Waals surface area (Å²) in [5.41, 5.74) is 1.07. The number of amides is 1. The zero-order chi connectivity index (χ0) is 28.8. The Balaban J connectivity index is 1.58. The van der Waals surface area contributed by atoms with E-state index in [0.29, 0.717) is 50.2 Å². The average molecular weight is 569 g/mol. The smallest absolute Gasteiger partial charge is 0.231 e. The Bertz CT molecular complexity index is 1370. The highest BCUT2D eigenvalue weighted by molar-refractivity contribution is 7.89. The SMILES string of the molecule is C=N/C(=C\N=C/C)CNC(=O)C1(c2ccc(CN3[C@@H](C)CC[C@H](c4ccccc4)S3(=O)=O)c(F)c2)CCOCC1. The minimum Gasteiger partial charge on any atom is -0.381 e. The van der Waals surface area contributed by atoms with Gasteiger partial charge in [0.1, 0.15) is 11.1 Å². The van der Waals surface area contributed by atoms with Gasteiger partial charge < -0.3 is 10.1 Å². The molecule has 2 aliphatic rings. The molecule has 2 aliphatic heterocycles. The molecule has 1 N–H and O–H groups in total. The summed E-state index contributed by atoms with van der Waals surface area (Å²) in [5.74, 6) is -0.790. The zero-order valence-electron chi connectivity index (χ0n) is 23.1. The van der Waals surface area contributed by atoms with Gasteiger partial charge in [0.2, 0.25) is 15.9 Å². The van der Waals surface area contributed by atoms with E-state index in [-0.39, 0.29) is 30.6 Å². The van der Waals surface area contributed by atoms with Crippen LogP contribution in [0.15, 0.2) is 70.4 Å². The number of rotatable bonds is 9. The van der Waals surface area contributed by atoms with E-state index >= 15 is 4.39 Å². The molecule has 0 saturated carbocycles. The van der Waals surface area contributed by atoms with Crippen LogP contribution in [0.2, 0.25) is 0 Å². The van der Waals surface area contributed by atoms with Crippen LogP contribution in [-0.2, 0) is 31.5 Å². The van der Waals surface area contributed by atoms with Gasteiger partial charge in [0.15, 0.2) is 0 Å². The number of benzene rings is 2. The fourth-order valence-corrected chi connectivity index (χ4v) is 7.69. The molecule has 2 aromatic rings. The first kappa shape index (κ1) is 29.8. The number of hydrogen-bond acceptors (Lipinski definition) is 6. The number of hydrogen-bond donors (Lipinski definition) is 1. The van der Waals surface area contributed by atoms with Crippen molar-refractivity contribution in [2.75, 3.05) is 19.8 Å². The molecule has 40 heavy (non-hydrogen) atoms. The Morgan fingerprint density at radius 1 is 1.20 bits per heavy atom. The quantitative estimate of drug-likeness (QED) is 0.444. The molecule has 4 rings (SSSR count). The molecule has 0 unspecified atom stereocenters. The second-order valence-corrected chi connectivity index (χ2v) is 12.4. The van der Waals surface area contributed by atoms with Crippen LogP contribution in [0.1, 0.15) is 61.5 Å². The first-order valence-corrected chi connectivity index (χ1v) is 15.1. The molecule has 0 aliphatic carbocycles. The fraction of sp³-hybridized carbons (Fsp3) is 0.433. The number of sulfonamides is 1. The third kappa shape index (κ3) is 6.24. The summed E-state index contributed by atoms with van der Waals surface area (Å²) in [6.45, 7) is 7.95. The van der Waals surface area contributed by atoms with E-state index in [9.17, 15) is 13.2 Å². The maximum absolute atomic E-state index is 15.7. The zero-order valence-corrected chi connectivity index (χ0v) is 23.9. The van der Waals surface area contributed by atoms with Crippen molar-refractivity contribution in [3.8, 4) is 0 Å². The molecule has 0 bridgehead atoms.